The minimum atomic E-state index is -0.180. The minimum Gasteiger partial charge on any atom is -0.475 e. The molecule has 1 unspecified atom stereocenters. The first-order chi connectivity index (χ1) is 12.0. The van der Waals surface area contributed by atoms with Crippen LogP contribution in [0, 0.1) is 5.82 Å². The van der Waals surface area contributed by atoms with Crippen molar-refractivity contribution in [1.82, 2.24) is 9.80 Å². The van der Waals surface area contributed by atoms with Gasteiger partial charge in [-0.1, -0.05) is 28.1 Å². The van der Waals surface area contributed by atoms with Gasteiger partial charge in [0.2, 0.25) is 0 Å². The zero-order chi connectivity index (χ0) is 17.8. The normalized spacial score (nSPS) is 20.4. The Kier molecular flexibility index (Phi) is 6.10. The third-order valence-electron chi connectivity index (χ3n) is 4.67. The first kappa shape index (κ1) is 18.4. The molecule has 3 rings (SSSR count). The van der Waals surface area contributed by atoms with Gasteiger partial charge in [0.15, 0.2) is 0 Å². The van der Waals surface area contributed by atoms with E-state index in [1.165, 1.54) is 12.1 Å². The lowest BCUT2D eigenvalue weighted by molar-refractivity contribution is -0.0304. The van der Waals surface area contributed by atoms with Crippen LogP contribution in [0.15, 0.2) is 53.0 Å². The van der Waals surface area contributed by atoms with Crippen LogP contribution >= 0.6 is 15.9 Å². The number of piperazine rings is 1. The summed E-state index contributed by atoms with van der Waals surface area (Å²) in [5, 5.41) is 0. The summed E-state index contributed by atoms with van der Waals surface area (Å²) in [7, 11) is 0. The minimum absolute atomic E-state index is 0.0316. The number of hydrogen-bond donors (Lipinski definition) is 0. The van der Waals surface area contributed by atoms with Gasteiger partial charge in [0.1, 0.15) is 17.8 Å². The highest BCUT2D eigenvalue weighted by Crippen LogP contribution is 2.21. The Hall–Kier alpha value is -1.43. The van der Waals surface area contributed by atoms with E-state index in [9.17, 15) is 4.39 Å². The predicted octanol–water partition coefficient (Wildman–Crippen LogP) is 4.52. The van der Waals surface area contributed by atoms with Crippen LogP contribution in [0.4, 0.5) is 4.39 Å². The summed E-state index contributed by atoms with van der Waals surface area (Å²) in [6.07, 6.45) is 0.0316. The smallest absolute Gasteiger partial charge is 0.150 e. The molecule has 1 aliphatic heterocycles. The lowest BCUT2D eigenvalue weighted by Gasteiger charge is -2.42. The van der Waals surface area contributed by atoms with E-state index in [0.717, 1.165) is 42.0 Å². The first-order valence-corrected chi connectivity index (χ1v) is 9.45. The van der Waals surface area contributed by atoms with E-state index < -0.39 is 0 Å². The zero-order valence-electron chi connectivity index (χ0n) is 14.7. The van der Waals surface area contributed by atoms with Crippen LogP contribution in [0.5, 0.6) is 5.75 Å². The van der Waals surface area contributed by atoms with Crippen LogP contribution < -0.4 is 4.74 Å². The summed E-state index contributed by atoms with van der Waals surface area (Å²) in [6, 6.07) is 15.1. The van der Waals surface area contributed by atoms with Crippen molar-refractivity contribution in [2.75, 3.05) is 19.6 Å². The molecule has 0 spiro atoms. The first-order valence-electron chi connectivity index (χ1n) is 8.66. The highest BCUT2D eigenvalue weighted by atomic mass is 79.9. The molecule has 0 saturated carbocycles. The van der Waals surface area contributed by atoms with E-state index in [2.05, 4.69) is 39.6 Å². The van der Waals surface area contributed by atoms with Gasteiger partial charge in [0.25, 0.3) is 0 Å². The quantitative estimate of drug-likeness (QED) is 0.725. The second-order valence-corrected chi connectivity index (χ2v) is 7.54. The van der Waals surface area contributed by atoms with Gasteiger partial charge in [-0.2, -0.15) is 0 Å². The lowest BCUT2D eigenvalue weighted by atomic mass is 10.1. The Bertz CT molecular complexity index is 677. The highest BCUT2D eigenvalue weighted by Gasteiger charge is 2.28. The van der Waals surface area contributed by atoms with Crippen molar-refractivity contribution in [1.29, 1.82) is 0 Å². The average molecular weight is 407 g/mol. The standard InChI is InChI=1S/C20H24BrFN2O/c1-15-13-23(14-17-3-7-19(22)8-4-17)11-12-24(15)16(2)25-20-9-5-18(21)6-10-20/h3-10,15-16H,11-14H2,1-2H3/t15-,16?/m1/s1. The lowest BCUT2D eigenvalue weighted by Crippen LogP contribution is -2.55. The molecule has 0 radical (unpaired) electrons. The molecule has 3 nitrogen and oxygen atoms in total. The molecule has 0 bridgehead atoms. The number of halogens is 2. The Balaban J connectivity index is 1.53. The molecule has 25 heavy (non-hydrogen) atoms. The Morgan fingerprint density at radius 1 is 1.12 bits per heavy atom. The van der Waals surface area contributed by atoms with Crippen molar-refractivity contribution in [3.63, 3.8) is 0 Å². The van der Waals surface area contributed by atoms with Crippen LogP contribution in [0.25, 0.3) is 0 Å². The second kappa shape index (κ2) is 8.30. The van der Waals surface area contributed by atoms with Crippen LogP contribution in [0.3, 0.4) is 0 Å². The van der Waals surface area contributed by atoms with E-state index >= 15 is 0 Å². The van der Waals surface area contributed by atoms with Crippen LogP contribution in [0.2, 0.25) is 0 Å². The largest absolute Gasteiger partial charge is 0.475 e. The number of benzene rings is 2. The summed E-state index contributed by atoms with van der Waals surface area (Å²) in [6.45, 7) is 8.12. The number of nitrogens with zero attached hydrogens (tertiary/aromatic N) is 2. The molecular formula is C20H24BrFN2O. The maximum absolute atomic E-state index is 13.0. The Labute approximate surface area is 157 Å². The molecule has 1 saturated heterocycles. The van der Waals surface area contributed by atoms with E-state index in [4.69, 9.17) is 4.74 Å². The number of rotatable bonds is 5. The van der Waals surface area contributed by atoms with E-state index in [0.29, 0.717) is 6.04 Å². The highest BCUT2D eigenvalue weighted by molar-refractivity contribution is 9.10. The van der Waals surface area contributed by atoms with Crippen molar-refractivity contribution in [3.05, 3.63) is 64.4 Å². The molecule has 2 aromatic carbocycles. The maximum Gasteiger partial charge on any atom is 0.150 e. The molecule has 134 valence electrons. The molecule has 1 aliphatic rings. The molecule has 0 aromatic heterocycles. The monoisotopic (exact) mass is 406 g/mol. The SMILES string of the molecule is CC(Oc1ccc(Br)cc1)N1CCN(Cc2ccc(F)cc2)C[C@H]1C. The molecule has 0 aliphatic carbocycles. The van der Waals surface area contributed by atoms with Gasteiger partial charge in [-0.15, -0.1) is 0 Å². The molecule has 0 amide bonds. The van der Waals surface area contributed by atoms with Gasteiger partial charge < -0.3 is 4.74 Å². The molecule has 1 fully saturated rings. The maximum atomic E-state index is 13.0. The molecule has 2 aromatic rings. The van der Waals surface area contributed by atoms with Crippen LogP contribution in [-0.2, 0) is 6.54 Å². The number of hydrogen-bond acceptors (Lipinski definition) is 3. The second-order valence-electron chi connectivity index (χ2n) is 6.62. The van der Waals surface area contributed by atoms with Gasteiger partial charge in [0.05, 0.1) is 0 Å². The van der Waals surface area contributed by atoms with E-state index in [-0.39, 0.29) is 12.0 Å². The Morgan fingerprint density at radius 2 is 1.80 bits per heavy atom. The molecule has 2 atom stereocenters. The van der Waals surface area contributed by atoms with Gasteiger partial charge in [-0.3, -0.25) is 9.80 Å². The van der Waals surface area contributed by atoms with E-state index in [1.54, 1.807) is 0 Å². The van der Waals surface area contributed by atoms with Crippen LogP contribution in [0.1, 0.15) is 19.4 Å². The molecular weight excluding hydrogens is 383 g/mol. The summed E-state index contributed by atoms with van der Waals surface area (Å²) in [5.41, 5.74) is 1.15. The average Bonchev–Trinajstić information content (AvgIpc) is 2.59. The topological polar surface area (TPSA) is 15.7 Å². The third-order valence-corrected chi connectivity index (χ3v) is 5.20. The Morgan fingerprint density at radius 3 is 2.44 bits per heavy atom. The third kappa shape index (κ3) is 5.03. The van der Waals surface area contributed by atoms with Crippen molar-refractivity contribution in [3.8, 4) is 5.75 Å². The molecule has 5 heteroatoms. The summed E-state index contributed by atoms with van der Waals surface area (Å²) < 4.78 is 20.2. The van der Waals surface area contributed by atoms with E-state index in [1.807, 2.05) is 36.4 Å². The predicted molar refractivity (Wildman–Crippen MR) is 102 cm³/mol. The van der Waals surface area contributed by atoms with Crippen molar-refractivity contribution >= 4 is 15.9 Å². The van der Waals surface area contributed by atoms with Gasteiger partial charge in [0, 0.05) is 36.7 Å². The van der Waals surface area contributed by atoms with Crippen molar-refractivity contribution < 1.29 is 9.13 Å². The van der Waals surface area contributed by atoms with Crippen molar-refractivity contribution in [2.45, 2.75) is 32.7 Å². The van der Waals surface area contributed by atoms with Gasteiger partial charge in [-0.25, -0.2) is 4.39 Å². The fourth-order valence-electron chi connectivity index (χ4n) is 3.36. The fraction of sp³-hybridized carbons (Fsp3) is 0.400. The summed E-state index contributed by atoms with van der Waals surface area (Å²) >= 11 is 3.44. The van der Waals surface area contributed by atoms with Gasteiger partial charge in [-0.05, 0) is 55.8 Å². The summed E-state index contributed by atoms with van der Waals surface area (Å²) in [5.74, 6) is 0.706. The van der Waals surface area contributed by atoms with Gasteiger partial charge >= 0.3 is 0 Å². The number of ether oxygens (including phenoxy) is 1. The van der Waals surface area contributed by atoms with Crippen LogP contribution in [-0.4, -0.2) is 41.7 Å². The fourth-order valence-corrected chi connectivity index (χ4v) is 3.62. The molecule has 0 N–H and O–H groups in total. The zero-order valence-corrected chi connectivity index (χ0v) is 16.2. The summed E-state index contributed by atoms with van der Waals surface area (Å²) in [4.78, 5) is 4.81. The molecule has 1 heterocycles. The van der Waals surface area contributed by atoms with Crippen molar-refractivity contribution in [2.24, 2.45) is 0 Å².